The van der Waals surface area contributed by atoms with Crippen molar-refractivity contribution in [2.24, 2.45) is 9.98 Å². The Balaban J connectivity index is 1.78. The topological polar surface area (TPSA) is 73.1 Å². The Labute approximate surface area is 164 Å². The molecular formula is C20H25N5OS. The van der Waals surface area contributed by atoms with Crippen molar-refractivity contribution in [3.8, 4) is 0 Å². The van der Waals surface area contributed by atoms with E-state index in [1.165, 1.54) is 0 Å². The fourth-order valence-corrected chi connectivity index (χ4v) is 3.91. The standard InChI is InChI=1S/C20H25N5OS/c1-14(17-6-4-5-9-22-17)23-13-24-19(20-18(21-3)8-11-27-20)15(2)25-10-7-16(26)12-25/h4-6,8-9,11,14,16,23,26H,2-3,7,10,12-13H2,1H3. The number of aliphatic hydroxyl groups is 1. The highest BCUT2D eigenvalue weighted by atomic mass is 32.1. The molecule has 1 fully saturated rings. The first-order valence-electron chi connectivity index (χ1n) is 8.95. The lowest BCUT2D eigenvalue weighted by atomic mass is 10.2. The molecule has 1 aliphatic heterocycles. The quantitative estimate of drug-likeness (QED) is 0.687. The molecule has 0 amide bonds. The first-order valence-corrected chi connectivity index (χ1v) is 9.83. The average molecular weight is 384 g/mol. The fraction of sp³-hybridized carbons (Fsp3) is 0.350. The van der Waals surface area contributed by atoms with E-state index in [2.05, 4.69) is 40.4 Å². The van der Waals surface area contributed by atoms with Gasteiger partial charge >= 0.3 is 0 Å². The van der Waals surface area contributed by atoms with Crippen molar-refractivity contribution in [1.29, 1.82) is 0 Å². The largest absolute Gasteiger partial charge is 0.391 e. The molecule has 2 N–H and O–H groups in total. The summed E-state index contributed by atoms with van der Waals surface area (Å²) in [6, 6.07) is 7.88. The number of aromatic nitrogens is 1. The zero-order valence-corrected chi connectivity index (χ0v) is 16.3. The third-order valence-electron chi connectivity index (χ3n) is 4.61. The van der Waals surface area contributed by atoms with Crippen LogP contribution in [0, 0.1) is 0 Å². The summed E-state index contributed by atoms with van der Waals surface area (Å²) in [4.78, 5) is 16.3. The molecule has 2 aromatic heterocycles. The number of aliphatic hydroxyl groups excluding tert-OH is 1. The van der Waals surface area contributed by atoms with Gasteiger partial charge in [-0.3, -0.25) is 20.3 Å². The van der Waals surface area contributed by atoms with Crippen molar-refractivity contribution in [3.05, 3.63) is 58.7 Å². The molecule has 0 radical (unpaired) electrons. The van der Waals surface area contributed by atoms with Crippen LogP contribution in [0.2, 0.25) is 0 Å². The van der Waals surface area contributed by atoms with Crippen molar-refractivity contribution in [3.63, 3.8) is 0 Å². The lowest BCUT2D eigenvalue weighted by Gasteiger charge is -2.22. The zero-order chi connectivity index (χ0) is 19.2. The van der Waals surface area contributed by atoms with Crippen molar-refractivity contribution < 1.29 is 5.11 Å². The van der Waals surface area contributed by atoms with Crippen molar-refractivity contribution in [2.75, 3.05) is 19.8 Å². The maximum atomic E-state index is 9.87. The van der Waals surface area contributed by atoms with E-state index >= 15 is 0 Å². The number of hydrogen-bond donors (Lipinski definition) is 2. The molecule has 0 saturated carbocycles. The molecule has 3 heterocycles. The van der Waals surface area contributed by atoms with Crippen LogP contribution >= 0.6 is 11.3 Å². The zero-order valence-electron chi connectivity index (χ0n) is 15.5. The molecule has 0 spiro atoms. The molecule has 2 unspecified atom stereocenters. The normalized spacial score (nSPS) is 18.5. The van der Waals surface area contributed by atoms with Crippen molar-refractivity contribution >= 4 is 29.5 Å². The van der Waals surface area contributed by atoms with Crippen molar-refractivity contribution in [2.45, 2.75) is 25.5 Å². The third-order valence-corrected chi connectivity index (χ3v) is 5.52. The number of allylic oxidation sites excluding steroid dienone is 1. The van der Waals surface area contributed by atoms with Gasteiger partial charge in [0.25, 0.3) is 0 Å². The molecule has 1 aliphatic rings. The van der Waals surface area contributed by atoms with Crippen LogP contribution in [-0.2, 0) is 0 Å². The summed E-state index contributed by atoms with van der Waals surface area (Å²) in [5.41, 5.74) is 3.38. The van der Waals surface area contributed by atoms with Crippen LogP contribution in [0.25, 0.3) is 0 Å². The van der Waals surface area contributed by atoms with E-state index in [0.29, 0.717) is 13.2 Å². The maximum absolute atomic E-state index is 9.87. The fourth-order valence-electron chi connectivity index (χ4n) is 3.03. The highest BCUT2D eigenvalue weighted by molar-refractivity contribution is 7.13. The van der Waals surface area contributed by atoms with Crippen LogP contribution in [0.3, 0.4) is 0 Å². The SMILES string of the molecule is C=Nc1ccsc1C(=NCNC(C)c1ccccn1)C(=C)N1CCC(O)C1. The second kappa shape index (κ2) is 9.03. The Hall–Kier alpha value is -2.35. The van der Waals surface area contributed by atoms with E-state index in [0.717, 1.165) is 40.6 Å². The molecule has 1 saturated heterocycles. The van der Waals surface area contributed by atoms with Gasteiger partial charge in [0.05, 0.1) is 34.7 Å². The van der Waals surface area contributed by atoms with Crippen LogP contribution in [0.5, 0.6) is 0 Å². The predicted octanol–water partition coefficient (Wildman–Crippen LogP) is 3.15. The summed E-state index contributed by atoms with van der Waals surface area (Å²) in [6.45, 7) is 11.8. The molecule has 3 rings (SSSR count). The minimum Gasteiger partial charge on any atom is -0.391 e. The van der Waals surface area contributed by atoms with Crippen LogP contribution in [-0.4, -0.2) is 53.3 Å². The number of pyridine rings is 1. The van der Waals surface area contributed by atoms with Gasteiger partial charge in [-0.15, -0.1) is 11.3 Å². The Morgan fingerprint density at radius 2 is 2.33 bits per heavy atom. The van der Waals surface area contributed by atoms with E-state index in [1.54, 1.807) is 17.5 Å². The summed E-state index contributed by atoms with van der Waals surface area (Å²) >= 11 is 1.57. The lowest BCUT2D eigenvalue weighted by Crippen LogP contribution is -2.27. The van der Waals surface area contributed by atoms with Gasteiger partial charge in [-0.05, 0) is 43.6 Å². The second-order valence-corrected chi connectivity index (χ2v) is 7.39. The Morgan fingerprint density at radius 3 is 3.00 bits per heavy atom. The summed E-state index contributed by atoms with van der Waals surface area (Å²) in [7, 11) is 0. The Kier molecular flexibility index (Phi) is 6.49. The van der Waals surface area contributed by atoms with E-state index in [4.69, 9.17) is 4.99 Å². The van der Waals surface area contributed by atoms with Crippen LogP contribution in [0.15, 0.2) is 58.1 Å². The summed E-state index contributed by atoms with van der Waals surface area (Å²) < 4.78 is 0. The number of hydrogen-bond acceptors (Lipinski definition) is 7. The van der Waals surface area contributed by atoms with E-state index in [9.17, 15) is 5.11 Å². The number of nitrogens with zero attached hydrogens (tertiary/aromatic N) is 4. The van der Waals surface area contributed by atoms with Gasteiger partial charge in [0.2, 0.25) is 0 Å². The molecule has 0 aliphatic carbocycles. The molecule has 7 heteroatoms. The van der Waals surface area contributed by atoms with Crippen molar-refractivity contribution in [1.82, 2.24) is 15.2 Å². The van der Waals surface area contributed by atoms with Gasteiger partial charge in [-0.25, -0.2) is 0 Å². The first-order chi connectivity index (χ1) is 13.1. The third kappa shape index (κ3) is 4.68. The molecule has 0 aromatic carbocycles. The van der Waals surface area contributed by atoms with Crippen LogP contribution < -0.4 is 5.32 Å². The molecule has 0 bridgehead atoms. The number of β-amino-alcohol motifs (C(OH)–C–C–N with tert-alkyl or cyclic N) is 1. The molecule has 2 atom stereocenters. The minimum atomic E-state index is -0.314. The van der Waals surface area contributed by atoms with Gasteiger partial charge < -0.3 is 10.0 Å². The Morgan fingerprint density at radius 1 is 1.48 bits per heavy atom. The van der Waals surface area contributed by atoms with E-state index in [-0.39, 0.29) is 12.1 Å². The number of nitrogens with one attached hydrogen (secondary N) is 1. The average Bonchev–Trinajstić information content (AvgIpc) is 3.34. The smallest absolute Gasteiger partial charge is 0.101 e. The van der Waals surface area contributed by atoms with E-state index in [1.807, 2.05) is 29.6 Å². The highest BCUT2D eigenvalue weighted by Gasteiger charge is 2.25. The molecule has 142 valence electrons. The second-order valence-electron chi connectivity index (χ2n) is 6.47. The minimum absolute atomic E-state index is 0.0819. The van der Waals surface area contributed by atoms with Gasteiger partial charge in [-0.1, -0.05) is 12.6 Å². The van der Waals surface area contributed by atoms with Gasteiger partial charge in [-0.2, -0.15) is 0 Å². The molecule has 27 heavy (non-hydrogen) atoms. The lowest BCUT2D eigenvalue weighted by molar-refractivity contribution is 0.185. The van der Waals surface area contributed by atoms with Crippen LogP contribution in [0.4, 0.5) is 5.69 Å². The molecule has 6 nitrogen and oxygen atoms in total. The summed E-state index contributed by atoms with van der Waals surface area (Å²) in [6.07, 6.45) is 2.22. The van der Waals surface area contributed by atoms with Gasteiger partial charge in [0.1, 0.15) is 5.71 Å². The monoisotopic (exact) mass is 383 g/mol. The highest BCUT2D eigenvalue weighted by Crippen LogP contribution is 2.29. The first kappa shape index (κ1) is 19.4. The number of rotatable bonds is 8. The van der Waals surface area contributed by atoms with Crippen LogP contribution in [0.1, 0.15) is 30.0 Å². The molecule has 2 aromatic rings. The maximum Gasteiger partial charge on any atom is 0.101 e. The Bertz CT molecular complexity index is 817. The number of aliphatic imine (C=N–C) groups is 2. The summed E-state index contributed by atoms with van der Waals surface area (Å²) in [5, 5.41) is 15.2. The van der Waals surface area contributed by atoms with Gasteiger partial charge in [0.15, 0.2) is 0 Å². The van der Waals surface area contributed by atoms with E-state index < -0.39 is 0 Å². The van der Waals surface area contributed by atoms with Gasteiger partial charge in [0, 0.05) is 25.3 Å². The number of thiophene rings is 1. The predicted molar refractivity (Wildman–Crippen MR) is 112 cm³/mol. The summed E-state index contributed by atoms with van der Waals surface area (Å²) in [5.74, 6) is 0. The molecular weight excluding hydrogens is 358 g/mol. The number of likely N-dealkylation sites (tertiary alicyclic amines) is 1.